The van der Waals surface area contributed by atoms with Gasteiger partial charge in [0.1, 0.15) is 5.82 Å². The van der Waals surface area contributed by atoms with Crippen LogP contribution in [0.5, 0.6) is 0 Å². The lowest BCUT2D eigenvalue weighted by Crippen LogP contribution is -2.40. The molecule has 124 valence electrons. The summed E-state index contributed by atoms with van der Waals surface area (Å²) < 4.78 is 12.9. The number of nitrogens with two attached hydrogens (primary N) is 1. The molecule has 3 N–H and O–H groups in total. The van der Waals surface area contributed by atoms with E-state index >= 15 is 0 Å². The Morgan fingerprint density at radius 2 is 1.87 bits per heavy atom. The molecule has 3 rings (SSSR count). The maximum Gasteiger partial charge on any atom is 0.273 e. The van der Waals surface area contributed by atoms with Crippen molar-refractivity contribution < 1.29 is 9.18 Å². The topological polar surface area (TPSA) is 85.8 Å². The first kappa shape index (κ1) is 17.4. The van der Waals surface area contributed by atoms with Gasteiger partial charge in [-0.25, -0.2) is 4.39 Å². The number of carbonyl (C=O) groups is 1. The second-order valence-corrected chi connectivity index (χ2v) is 5.58. The van der Waals surface area contributed by atoms with Gasteiger partial charge in [0.25, 0.3) is 5.91 Å². The van der Waals surface area contributed by atoms with Crippen LogP contribution < -0.4 is 11.1 Å². The molecular formula is C15H19ClFN5O. The Morgan fingerprint density at radius 1 is 1.22 bits per heavy atom. The molecule has 0 spiro atoms. The zero-order valence-corrected chi connectivity index (χ0v) is 13.3. The summed E-state index contributed by atoms with van der Waals surface area (Å²) in [6, 6.07) is 6.14. The average Bonchev–Trinajstić information content (AvgIpc) is 3.00. The number of hydrogen-bond acceptors (Lipinski definition) is 4. The van der Waals surface area contributed by atoms with Crippen LogP contribution in [0.3, 0.4) is 0 Å². The van der Waals surface area contributed by atoms with E-state index in [0.29, 0.717) is 5.69 Å². The van der Waals surface area contributed by atoms with Crippen LogP contribution in [-0.4, -0.2) is 33.0 Å². The van der Waals surface area contributed by atoms with E-state index in [4.69, 9.17) is 5.73 Å². The molecule has 1 aromatic carbocycles. The molecule has 2 aromatic rings. The summed E-state index contributed by atoms with van der Waals surface area (Å²) in [5, 5.41) is 11.1. The third kappa shape index (κ3) is 4.27. The summed E-state index contributed by atoms with van der Waals surface area (Å²) in [7, 11) is 0. The summed E-state index contributed by atoms with van der Waals surface area (Å²) in [5.41, 5.74) is 6.70. The van der Waals surface area contributed by atoms with E-state index in [1.807, 2.05) is 0 Å². The lowest BCUT2D eigenvalue weighted by Gasteiger charge is -2.26. The first-order valence-electron chi connectivity index (χ1n) is 7.36. The van der Waals surface area contributed by atoms with E-state index in [-0.39, 0.29) is 41.9 Å². The molecular weight excluding hydrogens is 321 g/mol. The van der Waals surface area contributed by atoms with Gasteiger partial charge in [-0.15, -0.1) is 17.5 Å². The number of nitrogens with zero attached hydrogens (tertiary/aromatic N) is 3. The molecule has 23 heavy (non-hydrogen) atoms. The number of amides is 1. The zero-order chi connectivity index (χ0) is 15.5. The molecule has 1 fully saturated rings. The average molecular weight is 340 g/mol. The van der Waals surface area contributed by atoms with Crippen molar-refractivity contribution in [2.75, 3.05) is 0 Å². The van der Waals surface area contributed by atoms with Crippen molar-refractivity contribution >= 4 is 18.3 Å². The van der Waals surface area contributed by atoms with Gasteiger partial charge >= 0.3 is 0 Å². The Kier molecular flexibility index (Phi) is 5.68. The van der Waals surface area contributed by atoms with E-state index < -0.39 is 0 Å². The number of nitrogens with one attached hydrogen (secondary N) is 1. The fourth-order valence-corrected chi connectivity index (χ4v) is 2.59. The van der Waals surface area contributed by atoms with Crippen LogP contribution in [0, 0.1) is 5.82 Å². The van der Waals surface area contributed by atoms with Gasteiger partial charge in [0.15, 0.2) is 5.69 Å². The fraction of sp³-hybridized carbons (Fsp3) is 0.400. The highest BCUT2D eigenvalue weighted by atomic mass is 35.5. The Bertz CT molecular complexity index is 652. The number of hydrogen-bond donors (Lipinski definition) is 2. The van der Waals surface area contributed by atoms with Crippen LogP contribution in [0.25, 0.3) is 5.69 Å². The predicted octanol–water partition coefficient (Wildman–Crippen LogP) is 1.83. The number of benzene rings is 1. The predicted molar refractivity (Wildman–Crippen MR) is 86.3 cm³/mol. The molecule has 6 nitrogen and oxygen atoms in total. The standard InChI is InChI=1S/C15H18FN5O.ClH/c16-10-1-7-13(8-2-10)21-18-9-14(20-21)15(22)19-12-5-3-11(17)4-6-12;/h1-2,7-9,11-12H,3-6,17H2,(H,19,22);1H. The Morgan fingerprint density at radius 3 is 2.52 bits per heavy atom. The number of rotatable bonds is 3. The third-order valence-corrected chi connectivity index (χ3v) is 3.89. The largest absolute Gasteiger partial charge is 0.348 e. The van der Waals surface area contributed by atoms with Gasteiger partial charge in [0.2, 0.25) is 0 Å². The van der Waals surface area contributed by atoms with E-state index in [1.54, 1.807) is 12.1 Å². The van der Waals surface area contributed by atoms with Crippen LogP contribution in [-0.2, 0) is 0 Å². The SMILES string of the molecule is Cl.NC1CCC(NC(=O)c2cnn(-c3ccc(F)cc3)n2)CC1. The lowest BCUT2D eigenvalue weighted by atomic mass is 9.92. The number of halogens is 2. The van der Waals surface area contributed by atoms with E-state index in [1.165, 1.54) is 23.1 Å². The summed E-state index contributed by atoms with van der Waals surface area (Å²) >= 11 is 0. The minimum Gasteiger partial charge on any atom is -0.348 e. The molecule has 8 heteroatoms. The Balaban J connectivity index is 0.00000192. The monoisotopic (exact) mass is 339 g/mol. The van der Waals surface area contributed by atoms with Crippen LogP contribution in [0.2, 0.25) is 0 Å². The van der Waals surface area contributed by atoms with Crippen molar-refractivity contribution in [1.29, 1.82) is 0 Å². The molecule has 1 aliphatic rings. The van der Waals surface area contributed by atoms with E-state index in [0.717, 1.165) is 25.7 Å². The lowest BCUT2D eigenvalue weighted by molar-refractivity contribution is 0.0920. The molecule has 0 bridgehead atoms. The molecule has 0 unspecified atom stereocenters. The van der Waals surface area contributed by atoms with Gasteiger partial charge in [0.05, 0.1) is 11.9 Å². The maximum atomic E-state index is 12.9. The maximum absolute atomic E-state index is 12.9. The first-order chi connectivity index (χ1) is 10.6. The van der Waals surface area contributed by atoms with Gasteiger partial charge in [-0.2, -0.15) is 9.90 Å². The van der Waals surface area contributed by atoms with Crippen LogP contribution in [0.15, 0.2) is 30.5 Å². The summed E-state index contributed by atoms with van der Waals surface area (Å²) in [4.78, 5) is 13.5. The fourth-order valence-electron chi connectivity index (χ4n) is 2.59. The second kappa shape index (κ2) is 7.52. The van der Waals surface area contributed by atoms with Crippen molar-refractivity contribution in [3.8, 4) is 5.69 Å². The van der Waals surface area contributed by atoms with Crippen molar-refractivity contribution in [2.45, 2.75) is 37.8 Å². The minimum atomic E-state index is -0.329. The van der Waals surface area contributed by atoms with E-state index in [9.17, 15) is 9.18 Å². The van der Waals surface area contributed by atoms with Crippen LogP contribution >= 0.6 is 12.4 Å². The highest BCUT2D eigenvalue weighted by Crippen LogP contribution is 2.17. The van der Waals surface area contributed by atoms with Crippen molar-refractivity contribution in [1.82, 2.24) is 20.3 Å². The van der Waals surface area contributed by atoms with Gasteiger partial charge in [-0.05, 0) is 49.9 Å². The number of aromatic nitrogens is 3. The highest BCUT2D eigenvalue weighted by molar-refractivity contribution is 5.92. The molecule has 0 radical (unpaired) electrons. The van der Waals surface area contributed by atoms with Gasteiger partial charge in [-0.1, -0.05) is 0 Å². The van der Waals surface area contributed by atoms with Crippen LogP contribution in [0.1, 0.15) is 36.2 Å². The minimum absolute atomic E-state index is 0. The Hall–Kier alpha value is -1.99. The van der Waals surface area contributed by atoms with Crippen molar-refractivity contribution in [2.24, 2.45) is 5.73 Å². The van der Waals surface area contributed by atoms with E-state index in [2.05, 4.69) is 15.5 Å². The molecule has 0 saturated heterocycles. The molecule has 0 aliphatic heterocycles. The zero-order valence-electron chi connectivity index (χ0n) is 12.5. The summed E-state index contributed by atoms with van der Waals surface area (Å²) in [5.74, 6) is -0.571. The second-order valence-electron chi connectivity index (χ2n) is 5.58. The van der Waals surface area contributed by atoms with Crippen molar-refractivity contribution in [3.63, 3.8) is 0 Å². The summed E-state index contributed by atoms with van der Waals surface area (Å²) in [6.45, 7) is 0. The first-order valence-corrected chi connectivity index (χ1v) is 7.36. The third-order valence-electron chi connectivity index (χ3n) is 3.89. The molecule has 1 aliphatic carbocycles. The molecule has 1 saturated carbocycles. The normalized spacial score (nSPS) is 20.6. The molecule has 0 atom stereocenters. The quantitative estimate of drug-likeness (QED) is 0.893. The van der Waals surface area contributed by atoms with Gasteiger partial charge in [0, 0.05) is 12.1 Å². The van der Waals surface area contributed by atoms with Crippen LogP contribution in [0.4, 0.5) is 4.39 Å². The molecule has 1 heterocycles. The summed E-state index contributed by atoms with van der Waals surface area (Å²) in [6.07, 6.45) is 5.03. The highest BCUT2D eigenvalue weighted by Gasteiger charge is 2.21. The van der Waals surface area contributed by atoms with Crippen molar-refractivity contribution in [3.05, 3.63) is 42.0 Å². The van der Waals surface area contributed by atoms with Gasteiger partial charge < -0.3 is 11.1 Å². The molecule has 1 amide bonds. The smallest absolute Gasteiger partial charge is 0.273 e. The Labute approximate surface area is 139 Å². The number of carbonyl (C=O) groups excluding carboxylic acids is 1. The van der Waals surface area contributed by atoms with Gasteiger partial charge in [-0.3, -0.25) is 4.79 Å². The molecule has 1 aromatic heterocycles.